The molecule has 1 heterocycles. The molecule has 2 aromatic rings. The Balaban J connectivity index is 2.38. The quantitative estimate of drug-likeness (QED) is 0.791. The van der Waals surface area contributed by atoms with Crippen LogP contribution in [0.1, 0.15) is 15.9 Å². The van der Waals surface area contributed by atoms with Crippen LogP contribution in [0.15, 0.2) is 29.1 Å². The molecule has 0 bridgehead atoms. The number of alkyl halides is 2. The van der Waals surface area contributed by atoms with Crippen molar-refractivity contribution < 1.29 is 13.6 Å². The van der Waals surface area contributed by atoms with Gasteiger partial charge in [-0.1, -0.05) is 18.2 Å². The first-order chi connectivity index (χ1) is 9.85. The summed E-state index contributed by atoms with van der Waals surface area (Å²) in [6.07, 6.45) is 0. The number of pyridine rings is 1. The molecule has 7 heteroatoms. The van der Waals surface area contributed by atoms with E-state index in [1.807, 2.05) is 5.32 Å². The number of aromatic amines is 1. The lowest BCUT2D eigenvalue weighted by atomic mass is 10.0. The highest BCUT2D eigenvalue weighted by Gasteiger charge is 2.28. The number of aromatic nitrogens is 1. The van der Waals surface area contributed by atoms with Gasteiger partial charge in [0.15, 0.2) is 0 Å². The van der Waals surface area contributed by atoms with Crippen molar-refractivity contribution >= 4 is 16.8 Å². The molecule has 1 aromatic carbocycles. The van der Waals surface area contributed by atoms with Crippen LogP contribution in [0.25, 0.3) is 10.9 Å². The van der Waals surface area contributed by atoms with Gasteiger partial charge < -0.3 is 16.0 Å². The predicted molar refractivity (Wildman–Crippen MR) is 75.6 cm³/mol. The number of carbonyl (C=O) groups excluding carboxylic acids is 1. The van der Waals surface area contributed by atoms with Crippen molar-refractivity contribution in [3.63, 3.8) is 0 Å². The van der Waals surface area contributed by atoms with E-state index in [1.165, 1.54) is 0 Å². The molecule has 4 N–H and O–H groups in total. The van der Waals surface area contributed by atoms with Crippen molar-refractivity contribution in [2.24, 2.45) is 5.73 Å². The third-order valence-electron chi connectivity index (χ3n) is 3.21. The minimum Gasteiger partial charge on any atom is -0.346 e. The third-order valence-corrected chi connectivity index (χ3v) is 3.21. The lowest BCUT2D eigenvalue weighted by Crippen LogP contribution is -2.43. The van der Waals surface area contributed by atoms with Gasteiger partial charge in [0.25, 0.3) is 17.4 Å². The van der Waals surface area contributed by atoms with Crippen LogP contribution in [0, 0.1) is 6.92 Å². The second kappa shape index (κ2) is 5.61. The average molecular weight is 295 g/mol. The maximum atomic E-state index is 13.1. The molecule has 112 valence electrons. The zero-order valence-corrected chi connectivity index (χ0v) is 11.4. The number of hydrogen-bond acceptors (Lipinski definition) is 3. The minimum absolute atomic E-state index is 0.165. The van der Waals surface area contributed by atoms with Gasteiger partial charge in [-0.15, -0.1) is 0 Å². The molecule has 5 nitrogen and oxygen atoms in total. The Kier molecular flexibility index (Phi) is 4.04. The largest absolute Gasteiger partial charge is 0.346 e. The van der Waals surface area contributed by atoms with Gasteiger partial charge in [0.2, 0.25) is 0 Å². The van der Waals surface area contributed by atoms with Gasteiger partial charge in [-0.3, -0.25) is 9.59 Å². The third kappa shape index (κ3) is 3.08. The molecule has 21 heavy (non-hydrogen) atoms. The van der Waals surface area contributed by atoms with Crippen molar-refractivity contribution in [2.45, 2.75) is 12.8 Å². The number of fused-ring (bicyclic) bond motifs is 1. The number of amides is 1. The number of rotatable bonds is 4. The van der Waals surface area contributed by atoms with Crippen LogP contribution in [-0.4, -0.2) is 29.9 Å². The maximum absolute atomic E-state index is 13.1. The van der Waals surface area contributed by atoms with Crippen molar-refractivity contribution in [2.75, 3.05) is 13.1 Å². The Bertz CT molecular complexity index is 741. The maximum Gasteiger partial charge on any atom is 0.277 e. The summed E-state index contributed by atoms with van der Waals surface area (Å²) in [5.41, 5.74) is 5.15. The second-order valence-electron chi connectivity index (χ2n) is 4.74. The van der Waals surface area contributed by atoms with Crippen LogP contribution in [0.2, 0.25) is 0 Å². The van der Waals surface area contributed by atoms with Crippen LogP contribution in [-0.2, 0) is 0 Å². The number of benzene rings is 1. The van der Waals surface area contributed by atoms with Gasteiger partial charge in [0.1, 0.15) is 5.56 Å². The SMILES string of the molecule is Cc1c(C(=O)NCC(F)(F)CN)c(=O)[nH]c2ccccc12. The highest BCUT2D eigenvalue weighted by Crippen LogP contribution is 2.17. The van der Waals surface area contributed by atoms with Gasteiger partial charge in [0, 0.05) is 10.9 Å². The van der Waals surface area contributed by atoms with E-state index in [9.17, 15) is 18.4 Å². The highest BCUT2D eigenvalue weighted by atomic mass is 19.3. The van der Waals surface area contributed by atoms with Crippen molar-refractivity contribution in [3.8, 4) is 0 Å². The number of H-pyrrole nitrogens is 1. The molecule has 0 atom stereocenters. The van der Waals surface area contributed by atoms with Crippen molar-refractivity contribution in [1.29, 1.82) is 0 Å². The molecule has 0 aliphatic carbocycles. The molecule has 0 fully saturated rings. The Labute approximate surface area is 119 Å². The summed E-state index contributed by atoms with van der Waals surface area (Å²) in [6.45, 7) is -0.179. The fourth-order valence-corrected chi connectivity index (χ4v) is 2.05. The molecule has 0 unspecified atom stereocenters. The Hall–Kier alpha value is -2.28. The van der Waals surface area contributed by atoms with E-state index in [4.69, 9.17) is 5.73 Å². The van der Waals surface area contributed by atoms with Crippen molar-refractivity contribution in [1.82, 2.24) is 10.3 Å². The standard InChI is InChI=1S/C14H15F2N3O2/c1-8-9-4-2-3-5-10(9)19-13(21)11(8)12(20)18-7-14(15,16)6-17/h2-5H,6-7,17H2,1H3,(H,18,20)(H,19,21). The highest BCUT2D eigenvalue weighted by molar-refractivity contribution is 5.99. The molecular formula is C14H15F2N3O2. The summed E-state index contributed by atoms with van der Waals surface area (Å²) >= 11 is 0. The number of para-hydroxylation sites is 1. The Morgan fingerprint density at radius 1 is 1.38 bits per heavy atom. The minimum atomic E-state index is -3.20. The van der Waals surface area contributed by atoms with Gasteiger partial charge in [-0.2, -0.15) is 0 Å². The fourth-order valence-electron chi connectivity index (χ4n) is 2.05. The van der Waals surface area contributed by atoms with Crippen LogP contribution in [0.3, 0.4) is 0 Å². The lowest BCUT2D eigenvalue weighted by Gasteiger charge is -2.15. The molecule has 2 rings (SSSR count). The molecule has 0 spiro atoms. The number of aryl methyl sites for hydroxylation is 1. The fraction of sp³-hybridized carbons (Fsp3) is 0.286. The zero-order valence-electron chi connectivity index (χ0n) is 11.4. The van der Waals surface area contributed by atoms with E-state index in [-0.39, 0.29) is 5.56 Å². The molecule has 1 aromatic heterocycles. The summed E-state index contributed by atoms with van der Waals surface area (Å²) in [6, 6.07) is 6.96. The van der Waals surface area contributed by atoms with Gasteiger partial charge in [-0.25, -0.2) is 8.78 Å². The lowest BCUT2D eigenvalue weighted by molar-refractivity contribution is 0.0118. The van der Waals surface area contributed by atoms with Crippen LogP contribution in [0.5, 0.6) is 0 Å². The number of halogens is 2. The number of nitrogens with two attached hydrogens (primary N) is 1. The van der Waals surface area contributed by atoms with Gasteiger partial charge in [0.05, 0.1) is 13.1 Å². The molecule has 0 saturated heterocycles. The summed E-state index contributed by atoms with van der Waals surface area (Å²) < 4.78 is 26.1. The Morgan fingerprint density at radius 3 is 2.71 bits per heavy atom. The normalized spacial score (nSPS) is 11.6. The topological polar surface area (TPSA) is 88.0 Å². The van der Waals surface area contributed by atoms with Gasteiger partial charge in [-0.05, 0) is 18.6 Å². The van der Waals surface area contributed by atoms with E-state index < -0.39 is 30.5 Å². The predicted octanol–water partition coefficient (Wildman–Crippen LogP) is 1.16. The summed E-state index contributed by atoms with van der Waals surface area (Å²) in [5, 5.41) is 2.74. The first-order valence-corrected chi connectivity index (χ1v) is 6.33. The van der Waals surface area contributed by atoms with E-state index in [2.05, 4.69) is 4.98 Å². The summed E-state index contributed by atoms with van der Waals surface area (Å²) in [4.78, 5) is 26.5. The molecule has 0 saturated carbocycles. The molecule has 0 radical (unpaired) electrons. The second-order valence-corrected chi connectivity index (χ2v) is 4.74. The average Bonchev–Trinajstić information content (AvgIpc) is 2.45. The number of hydrogen-bond donors (Lipinski definition) is 3. The molecule has 1 amide bonds. The Morgan fingerprint density at radius 2 is 2.05 bits per heavy atom. The van der Waals surface area contributed by atoms with Crippen LogP contribution in [0.4, 0.5) is 8.78 Å². The molecular weight excluding hydrogens is 280 g/mol. The summed E-state index contributed by atoms with van der Waals surface area (Å²) in [7, 11) is 0. The monoisotopic (exact) mass is 295 g/mol. The summed E-state index contributed by atoms with van der Waals surface area (Å²) in [5.74, 6) is -4.04. The molecule has 0 aliphatic rings. The number of carbonyl (C=O) groups is 1. The van der Waals surface area contributed by atoms with Crippen molar-refractivity contribution in [3.05, 3.63) is 45.7 Å². The number of nitrogens with one attached hydrogen (secondary N) is 2. The van der Waals surface area contributed by atoms with E-state index in [1.54, 1.807) is 31.2 Å². The van der Waals surface area contributed by atoms with E-state index in [0.717, 1.165) is 0 Å². The first kappa shape index (κ1) is 15.1. The smallest absolute Gasteiger partial charge is 0.277 e. The molecule has 0 aliphatic heterocycles. The van der Waals surface area contributed by atoms with Crippen LogP contribution >= 0.6 is 0 Å². The van der Waals surface area contributed by atoms with E-state index >= 15 is 0 Å². The zero-order chi connectivity index (χ0) is 15.6. The first-order valence-electron chi connectivity index (χ1n) is 6.33. The van der Waals surface area contributed by atoms with Crippen LogP contribution < -0.4 is 16.6 Å². The van der Waals surface area contributed by atoms with E-state index in [0.29, 0.717) is 16.5 Å². The van der Waals surface area contributed by atoms with Gasteiger partial charge >= 0.3 is 0 Å².